The minimum Gasteiger partial charge on any atom is -0.486 e. The highest BCUT2D eigenvalue weighted by molar-refractivity contribution is 5.78. The monoisotopic (exact) mass is 392 g/mol. The molecule has 29 heavy (non-hydrogen) atoms. The first-order valence-corrected chi connectivity index (χ1v) is 9.43. The van der Waals surface area contributed by atoms with E-state index < -0.39 is 5.97 Å². The van der Waals surface area contributed by atoms with Gasteiger partial charge < -0.3 is 14.6 Å². The summed E-state index contributed by atoms with van der Waals surface area (Å²) in [6.07, 6.45) is 2.29. The number of H-pyrrole nitrogens is 1. The third-order valence-corrected chi connectivity index (χ3v) is 4.68. The van der Waals surface area contributed by atoms with E-state index in [-0.39, 0.29) is 18.4 Å². The minimum atomic E-state index is -0.868. The van der Waals surface area contributed by atoms with Crippen molar-refractivity contribution in [3.63, 3.8) is 0 Å². The summed E-state index contributed by atoms with van der Waals surface area (Å²) in [6.45, 7) is 2.28. The quantitative estimate of drug-likeness (QED) is 0.531. The number of aromatic amines is 1. The predicted octanol–water partition coefficient (Wildman–Crippen LogP) is 4.30. The lowest BCUT2D eigenvalue weighted by Crippen LogP contribution is -2.11. The third kappa shape index (κ3) is 5.37. The zero-order valence-corrected chi connectivity index (χ0v) is 16.5. The van der Waals surface area contributed by atoms with Crippen molar-refractivity contribution in [1.29, 1.82) is 0 Å². The van der Waals surface area contributed by atoms with Crippen LogP contribution in [-0.4, -0.2) is 35.0 Å². The molecule has 0 amide bonds. The topological polar surface area (TPSA) is 84.4 Å². The van der Waals surface area contributed by atoms with Crippen molar-refractivity contribution < 1.29 is 19.4 Å². The van der Waals surface area contributed by atoms with Crippen LogP contribution in [0.25, 0.3) is 10.9 Å². The van der Waals surface area contributed by atoms with Crippen molar-refractivity contribution in [3.05, 3.63) is 59.8 Å². The molecule has 1 unspecified atom stereocenters. The summed E-state index contributed by atoms with van der Waals surface area (Å²) in [7, 11) is 1.67. The molecule has 1 aromatic heterocycles. The average molecular weight is 392 g/mol. The zero-order valence-electron chi connectivity index (χ0n) is 16.5. The van der Waals surface area contributed by atoms with Gasteiger partial charge in [0.25, 0.3) is 0 Å². The van der Waals surface area contributed by atoms with E-state index in [1.165, 1.54) is 0 Å². The van der Waals surface area contributed by atoms with Gasteiger partial charge in [0.1, 0.15) is 11.9 Å². The number of carboxylic acids is 1. The number of benzene rings is 2. The fourth-order valence-electron chi connectivity index (χ4n) is 3.22. The van der Waals surface area contributed by atoms with Crippen molar-refractivity contribution in [2.75, 3.05) is 13.7 Å². The van der Waals surface area contributed by atoms with Gasteiger partial charge in [-0.05, 0) is 42.3 Å². The fraction of sp³-hybridized carbons (Fsp3) is 0.304. The molecule has 6 nitrogen and oxygen atoms in total. The zero-order chi connectivity index (χ0) is 20.6. The van der Waals surface area contributed by atoms with Crippen LogP contribution in [0.15, 0.2) is 48.7 Å². The third-order valence-electron chi connectivity index (χ3n) is 4.68. The van der Waals surface area contributed by atoms with E-state index in [9.17, 15) is 4.79 Å². The molecular weight excluding hydrogens is 368 g/mol. The molecule has 3 aromatic rings. The van der Waals surface area contributed by atoms with Gasteiger partial charge in [-0.2, -0.15) is 5.10 Å². The summed E-state index contributed by atoms with van der Waals surface area (Å²) in [5, 5.41) is 17.1. The van der Waals surface area contributed by atoms with Crippen LogP contribution in [0.2, 0.25) is 0 Å². The summed E-state index contributed by atoms with van der Waals surface area (Å²) in [5.41, 5.74) is 2.88. The molecule has 2 N–H and O–H groups in total. The molecule has 0 radical (unpaired) electrons. The molecule has 0 aliphatic carbocycles. The van der Waals surface area contributed by atoms with Crippen LogP contribution in [0, 0.1) is 11.8 Å². The Morgan fingerprint density at radius 2 is 1.97 bits per heavy atom. The molecule has 2 aromatic carbocycles. The van der Waals surface area contributed by atoms with E-state index in [0.717, 1.165) is 22.0 Å². The van der Waals surface area contributed by atoms with Crippen LogP contribution in [0.5, 0.6) is 5.75 Å². The lowest BCUT2D eigenvalue weighted by molar-refractivity contribution is -0.137. The summed E-state index contributed by atoms with van der Waals surface area (Å²) in [5.74, 6) is 5.28. The van der Waals surface area contributed by atoms with Crippen LogP contribution in [0.1, 0.15) is 42.9 Å². The molecule has 150 valence electrons. The normalized spacial score (nSPS) is 12.8. The molecule has 0 spiro atoms. The number of hydrogen-bond acceptors (Lipinski definition) is 4. The van der Waals surface area contributed by atoms with Crippen molar-refractivity contribution >= 4 is 16.9 Å². The molecule has 0 aliphatic rings. The number of carboxylic acid groups (broad SMARTS) is 1. The van der Waals surface area contributed by atoms with Crippen LogP contribution < -0.4 is 4.74 Å². The molecule has 0 bridgehead atoms. The van der Waals surface area contributed by atoms with E-state index in [0.29, 0.717) is 18.8 Å². The van der Waals surface area contributed by atoms with Crippen LogP contribution in [0.4, 0.5) is 0 Å². The fourth-order valence-corrected chi connectivity index (χ4v) is 3.22. The van der Waals surface area contributed by atoms with E-state index in [1.807, 2.05) is 36.4 Å². The van der Waals surface area contributed by atoms with Gasteiger partial charge in [-0.1, -0.05) is 24.1 Å². The first-order chi connectivity index (χ1) is 14.1. The molecule has 2 atom stereocenters. The first kappa shape index (κ1) is 20.4. The van der Waals surface area contributed by atoms with Crippen LogP contribution in [0.3, 0.4) is 0 Å². The molecule has 3 rings (SSSR count). The lowest BCUT2D eigenvalue weighted by Gasteiger charge is -2.20. The van der Waals surface area contributed by atoms with Gasteiger partial charge in [0.05, 0.1) is 30.7 Å². The Bertz CT molecular complexity index is 1010. The summed E-state index contributed by atoms with van der Waals surface area (Å²) in [4.78, 5) is 11.1. The second-order valence-electron chi connectivity index (χ2n) is 6.72. The predicted molar refractivity (Wildman–Crippen MR) is 111 cm³/mol. The van der Waals surface area contributed by atoms with Crippen molar-refractivity contribution in [3.8, 4) is 17.6 Å². The summed E-state index contributed by atoms with van der Waals surface area (Å²) < 4.78 is 11.5. The number of ether oxygens (including phenoxy) is 2. The summed E-state index contributed by atoms with van der Waals surface area (Å²) in [6, 6.07) is 13.5. The second kappa shape index (κ2) is 9.76. The van der Waals surface area contributed by atoms with Crippen LogP contribution in [-0.2, 0) is 9.53 Å². The SMILES string of the molecule is CC#CC(CC(=O)O)c1ccc(O[C@@H](CCOC)c2ccc3[nH]ncc3c2)cc1. The number of fused-ring (bicyclic) bond motifs is 1. The Kier molecular flexibility index (Phi) is 6.88. The maximum absolute atomic E-state index is 11.1. The van der Waals surface area contributed by atoms with E-state index in [4.69, 9.17) is 14.6 Å². The van der Waals surface area contributed by atoms with Crippen molar-refractivity contribution in [2.45, 2.75) is 31.8 Å². The number of hydrogen-bond donors (Lipinski definition) is 2. The number of nitrogens with one attached hydrogen (secondary N) is 1. The number of rotatable bonds is 9. The number of methoxy groups -OCH3 is 1. The maximum atomic E-state index is 11.1. The molecule has 0 fully saturated rings. The van der Waals surface area contributed by atoms with Gasteiger partial charge in [-0.15, -0.1) is 5.92 Å². The number of aromatic nitrogens is 2. The molecule has 0 aliphatic heterocycles. The Labute approximate surface area is 169 Å². The van der Waals surface area contributed by atoms with Gasteiger partial charge in [0, 0.05) is 18.9 Å². The van der Waals surface area contributed by atoms with Gasteiger partial charge in [-0.25, -0.2) is 0 Å². The number of aliphatic carboxylic acids is 1. The Balaban J connectivity index is 1.79. The van der Waals surface area contributed by atoms with Gasteiger partial charge in [0.2, 0.25) is 0 Å². The standard InChI is InChI=1S/C23H24N2O4/c1-3-4-17(14-23(26)27)16-5-8-20(9-6-16)29-22(11-12-28-2)18-7-10-21-19(13-18)15-24-25-21/h5-10,13,15,17,22H,11-12,14H2,1-2H3,(H,24,25)(H,26,27)/t17?,22-/m0/s1. The van der Waals surface area contributed by atoms with E-state index in [1.54, 1.807) is 20.2 Å². The number of nitrogens with zero attached hydrogens (tertiary/aromatic N) is 1. The largest absolute Gasteiger partial charge is 0.486 e. The van der Waals surface area contributed by atoms with Gasteiger partial charge >= 0.3 is 5.97 Å². The maximum Gasteiger partial charge on any atom is 0.304 e. The Hall–Kier alpha value is -3.30. The molecule has 0 saturated carbocycles. The number of carbonyl (C=O) groups is 1. The van der Waals surface area contributed by atoms with Gasteiger partial charge in [0.15, 0.2) is 0 Å². The molecular formula is C23H24N2O4. The average Bonchev–Trinajstić information content (AvgIpc) is 3.19. The Morgan fingerprint density at radius 3 is 2.66 bits per heavy atom. The first-order valence-electron chi connectivity index (χ1n) is 9.43. The highest BCUT2D eigenvalue weighted by atomic mass is 16.5. The second-order valence-corrected chi connectivity index (χ2v) is 6.72. The van der Waals surface area contributed by atoms with Gasteiger partial charge in [-0.3, -0.25) is 9.89 Å². The van der Waals surface area contributed by atoms with Crippen molar-refractivity contribution in [1.82, 2.24) is 10.2 Å². The van der Waals surface area contributed by atoms with Crippen molar-refractivity contribution in [2.24, 2.45) is 0 Å². The summed E-state index contributed by atoms with van der Waals surface area (Å²) >= 11 is 0. The lowest BCUT2D eigenvalue weighted by atomic mass is 9.96. The Morgan fingerprint density at radius 1 is 1.21 bits per heavy atom. The minimum absolute atomic E-state index is 0.0256. The highest BCUT2D eigenvalue weighted by Crippen LogP contribution is 2.29. The highest BCUT2D eigenvalue weighted by Gasteiger charge is 2.16. The molecule has 0 saturated heterocycles. The molecule has 1 heterocycles. The smallest absolute Gasteiger partial charge is 0.304 e. The molecule has 6 heteroatoms. The van der Waals surface area contributed by atoms with E-state index in [2.05, 4.69) is 28.1 Å². The van der Waals surface area contributed by atoms with Crippen LogP contribution >= 0.6 is 0 Å². The van der Waals surface area contributed by atoms with E-state index >= 15 is 0 Å².